The highest BCUT2D eigenvalue weighted by Gasteiger charge is 2.13. The predicted molar refractivity (Wildman–Crippen MR) is 75.8 cm³/mol. The lowest BCUT2D eigenvalue weighted by Crippen LogP contribution is -2.08. The third kappa shape index (κ3) is 4.78. The van der Waals surface area contributed by atoms with Crippen molar-refractivity contribution in [2.45, 2.75) is 24.7 Å². The number of anilines is 1. The molecule has 0 saturated carbocycles. The summed E-state index contributed by atoms with van der Waals surface area (Å²) >= 11 is 3.27. The number of rotatable bonds is 6. The second-order valence-corrected chi connectivity index (χ2v) is 6.82. The van der Waals surface area contributed by atoms with Gasteiger partial charge in [-0.15, -0.1) is 0 Å². The molecular formula is C12H16BrNO3S. The fourth-order valence-corrected chi connectivity index (χ4v) is 3.22. The summed E-state index contributed by atoms with van der Waals surface area (Å²) in [5, 5.41) is 3.41. The Morgan fingerprint density at radius 3 is 2.33 bits per heavy atom. The number of nitrogens with one attached hydrogen (secondary N) is 1. The van der Waals surface area contributed by atoms with E-state index >= 15 is 0 Å². The molecule has 1 amide bonds. The van der Waals surface area contributed by atoms with Gasteiger partial charge in [-0.3, -0.25) is 4.79 Å². The maximum atomic E-state index is 11.9. The summed E-state index contributed by atoms with van der Waals surface area (Å²) in [4.78, 5) is 11.1. The van der Waals surface area contributed by atoms with Crippen molar-refractivity contribution >= 4 is 37.4 Å². The minimum Gasteiger partial charge on any atom is -0.326 e. The lowest BCUT2D eigenvalue weighted by atomic mass is 10.3. The van der Waals surface area contributed by atoms with E-state index in [1.807, 2.05) is 0 Å². The Morgan fingerprint density at radius 1 is 1.22 bits per heavy atom. The van der Waals surface area contributed by atoms with Crippen LogP contribution in [0.1, 0.15) is 19.8 Å². The summed E-state index contributed by atoms with van der Waals surface area (Å²) in [6.07, 6.45) is 1.48. The molecule has 0 fully saturated rings. The Balaban J connectivity index is 2.74. The first-order chi connectivity index (χ1) is 8.45. The van der Waals surface area contributed by atoms with E-state index in [1.165, 1.54) is 19.1 Å². The normalized spacial score (nSPS) is 11.2. The van der Waals surface area contributed by atoms with Gasteiger partial charge < -0.3 is 5.32 Å². The van der Waals surface area contributed by atoms with Crippen molar-refractivity contribution in [3.05, 3.63) is 24.3 Å². The van der Waals surface area contributed by atoms with Crippen molar-refractivity contribution in [1.82, 2.24) is 0 Å². The number of amides is 1. The molecule has 0 aliphatic carbocycles. The number of alkyl halides is 1. The first-order valence-corrected chi connectivity index (χ1v) is 8.39. The second kappa shape index (κ2) is 6.89. The minimum atomic E-state index is -3.21. The molecule has 0 unspecified atom stereocenters. The molecule has 18 heavy (non-hydrogen) atoms. The zero-order chi connectivity index (χ0) is 13.6. The third-order valence-corrected chi connectivity index (χ3v) is 4.71. The van der Waals surface area contributed by atoms with Crippen LogP contribution in [0.15, 0.2) is 29.2 Å². The van der Waals surface area contributed by atoms with Crippen LogP contribution in [-0.4, -0.2) is 25.4 Å². The molecule has 100 valence electrons. The van der Waals surface area contributed by atoms with Crippen LogP contribution < -0.4 is 5.32 Å². The molecule has 0 aromatic heterocycles. The Hall–Kier alpha value is -0.880. The van der Waals surface area contributed by atoms with Crippen LogP contribution in [0.3, 0.4) is 0 Å². The zero-order valence-electron chi connectivity index (χ0n) is 10.1. The zero-order valence-corrected chi connectivity index (χ0v) is 12.6. The van der Waals surface area contributed by atoms with E-state index in [0.717, 1.165) is 11.8 Å². The molecule has 1 N–H and O–H groups in total. The largest absolute Gasteiger partial charge is 0.326 e. The molecule has 0 aliphatic heterocycles. The van der Waals surface area contributed by atoms with Crippen LogP contribution in [0.2, 0.25) is 0 Å². The molecule has 6 heteroatoms. The monoisotopic (exact) mass is 333 g/mol. The van der Waals surface area contributed by atoms with Crippen LogP contribution in [0.25, 0.3) is 0 Å². The van der Waals surface area contributed by atoms with E-state index in [0.29, 0.717) is 17.0 Å². The molecule has 1 rings (SSSR count). The van der Waals surface area contributed by atoms with E-state index in [2.05, 4.69) is 21.2 Å². The summed E-state index contributed by atoms with van der Waals surface area (Å²) in [5.41, 5.74) is 0.599. The highest BCUT2D eigenvalue weighted by atomic mass is 79.9. The van der Waals surface area contributed by atoms with Crippen molar-refractivity contribution in [2.24, 2.45) is 0 Å². The molecule has 0 atom stereocenters. The molecule has 1 aromatic rings. The maximum absolute atomic E-state index is 11.9. The van der Waals surface area contributed by atoms with Crippen molar-refractivity contribution in [3.8, 4) is 0 Å². The lowest BCUT2D eigenvalue weighted by Gasteiger charge is -2.06. The summed E-state index contributed by atoms with van der Waals surface area (Å²) in [7, 11) is -3.21. The smallest absolute Gasteiger partial charge is 0.221 e. The summed E-state index contributed by atoms with van der Waals surface area (Å²) in [6.45, 7) is 1.41. The summed E-state index contributed by atoms with van der Waals surface area (Å²) in [6, 6.07) is 6.24. The van der Waals surface area contributed by atoms with E-state index in [1.54, 1.807) is 12.1 Å². The SMILES string of the molecule is CC(=O)Nc1ccc(S(=O)(=O)CCCCBr)cc1. The van der Waals surface area contributed by atoms with Crippen molar-refractivity contribution in [3.63, 3.8) is 0 Å². The highest BCUT2D eigenvalue weighted by Crippen LogP contribution is 2.16. The van der Waals surface area contributed by atoms with Gasteiger partial charge in [0.2, 0.25) is 5.91 Å². The fourth-order valence-electron chi connectivity index (χ4n) is 1.45. The van der Waals surface area contributed by atoms with Gasteiger partial charge in [-0.2, -0.15) is 0 Å². The van der Waals surface area contributed by atoms with Gasteiger partial charge in [0, 0.05) is 17.9 Å². The molecule has 0 heterocycles. The fraction of sp³-hybridized carbons (Fsp3) is 0.417. The predicted octanol–water partition coefficient (Wildman–Crippen LogP) is 2.59. The number of unbranched alkanes of at least 4 members (excludes halogenated alkanes) is 1. The minimum absolute atomic E-state index is 0.151. The average molecular weight is 334 g/mol. The van der Waals surface area contributed by atoms with Gasteiger partial charge in [0.05, 0.1) is 10.6 Å². The number of hydrogen-bond acceptors (Lipinski definition) is 3. The molecule has 0 saturated heterocycles. The van der Waals surface area contributed by atoms with E-state index in [9.17, 15) is 13.2 Å². The molecule has 1 aromatic carbocycles. The maximum Gasteiger partial charge on any atom is 0.221 e. The molecular weight excluding hydrogens is 318 g/mol. The summed E-state index contributed by atoms with van der Waals surface area (Å²) < 4.78 is 23.9. The van der Waals surface area contributed by atoms with Crippen molar-refractivity contribution in [1.29, 1.82) is 0 Å². The Bertz CT molecular complexity index is 497. The Kier molecular flexibility index (Phi) is 5.81. The molecule has 0 radical (unpaired) electrons. The number of carbonyl (C=O) groups is 1. The molecule has 0 spiro atoms. The van der Waals surface area contributed by atoms with E-state index in [-0.39, 0.29) is 11.7 Å². The number of halogens is 1. The number of hydrogen-bond donors (Lipinski definition) is 1. The third-order valence-electron chi connectivity index (χ3n) is 2.33. The van der Waals surface area contributed by atoms with Crippen LogP contribution in [0.4, 0.5) is 5.69 Å². The Labute approximate surface area is 116 Å². The summed E-state index contributed by atoms with van der Waals surface area (Å²) in [5.74, 6) is -0.0270. The average Bonchev–Trinajstić information content (AvgIpc) is 2.29. The van der Waals surface area contributed by atoms with Crippen LogP contribution >= 0.6 is 15.9 Å². The van der Waals surface area contributed by atoms with E-state index < -0.39 is 9.84 Å². The number of sulfone groups is 1. The molecule has 0 bridgehead atoms. The number of benzene rings is 1. The number of carbonyl (C=O) groups excluding carboxylic acids is 1. The first-order valence-electron chi connectivity index (χ1n) is 5.62. The van der Waals surface area contributed by atoms with Crippen molar-refractivity contribution in [2.75, 3.05) is 16.4 Å². The van der Waals surface area contributed by atoms with Gasteiger partial charge in [-0.05, 0) is 37.1 Å². The van der Waals surface area contributed by atoms with Crippen molar-refractivity contribution < 1.29 is 13.2 Å². The first kappa shape index (κ1) is 15.2. The Morgan fingerprint density at radius 2 is 1.83 bits per heavy atom. The van der Waals surface area contributed by atoms with Gasteiger partial charge in [0.15, 0.2) is 9.84 Å². The van der Waals surface area contributed by atoms with Crippen LogP contribution in [0, 0.1) is 0 Å². The van der Waals surface area contributed by atoms with Gasteiger partial charge in [-0.1, -0.05) is 15.9 Å². The molecule has 4 nitrogen and oxygen atoms in total. The van der Waals surface area contributed by atoms with E-state index in [4.69, 9.17) is 0 Å². The van der Waals surface area contributed by atoms with Crippen LogP contribution in [0.5, 0.6) is 0 Å². The second-order valence-electron chi connectivity index (χ2n) is 3.92. The molecule has 0 aliphatic rings. The van der Waals surface area contributed by atoms with Gasteiger partial charge >= 0.3 is 0 Å². The van der Waals surface area contributed by atoms with Gasteiger partial charge in [-0.25, -0.2) is 8.42 Å². The van der Waals surface area contributed by atoms with Crippen LogP contribution in [-0.2, 0) is 14.6 Å². The lowest BCUT2D eigenvalue weighted by molar-refractivity contribution is -0.114. The van der Waals surface area contributed by atoms with Gasteiger partial charge in [0.25, 0.3) is 0 Å². The topological polar surface area (TPSA) is 63.2 Å². The quantitative estimate of drug-likeness (QED) is 0.642. The van der Waals surface area contributed by atoms with Gasteiger partial charge in [0.1, 0.15) is 0 Å². The highest BCUT2D eigenvalue weighted by molar-refractivity contribution is 9.09. The standard InChI is InChI=1S/C12H16BrNO3S/c1-10(15)14-11-4-6-12(7-5-11)18(16,17)9-3-2-8-13/h4-7H,2-3,8-9H2,1H3,(H,14,15).